The lowest BCUT2D eigenvalue weighted by atomic mass is 10.1. The second-order valence-corrected chi connectivity index (χ2v) is 5.84. The van der Waals surface area contributed by atoms with Crippen LogP contribution in [0, 0.1) is 0 Å². The summed E-state index contributed by atoms with van der Waals surface area (Å²) in [4.78, 5) is 17.5. The molecule has 2 rings (SSSR count). The van der Waals surface area contributed by atoms with E-state index in [1.165, 1.54) is 0 Å². The van der Waals surface area contributed by atoms with Gasteiger partial charge in [0.25, 0.3) is 0 Å². The second-order valence-electron chi connectivity index (χ2n) is 4.07. The van der Waals surface area contributed by atoms with Gasteiger partial charge in [-0.05, 0) is 17.9 Å². The molecule has 0 unspecified atom stereocenters. The van der Waals surface area contributed by atoms with Crippen LogP contribution in [0.3, 0.4) is 0 Å². The Labute approximate surface area is 105 Å². The molecule has 0 atom stereocenters. The molecule has 0 heterocycles. The smallest absolute Gasteiger partial charge is 0.325 e. The maximum Gasteiger partial charge on any atom is 0.325 e. The third-order valence-corrected chi connectivity index (χ3v) is 3.50. The lowest BCUT2D eigenvalue weighted by Crippen LogP contribution is -2.01. The quantitative estimate of drug-likeness (QED) is 0.645. The Morgan fingerprint density at radius 2 is 1.78 bits per heavy atom. The molecule has 0 saturated carbocycles. The molecule has 0 spiro atoms. The first kappa shape index (κ1) is 13.1. The van der Waals surface area contributed by atoms with Gasteiger partial charge < -0.3 is 14.5 Å². The largest absolute Gasteiger partial charge is 0.493 e. The maximum absolute atomic E-state index is 10.7. The van der Waals surface area contributed by atoms with E-state index < -0.39 is 7.60 Å². The van der Waals surface area contributed by atoms with Crippen molar-refractivity contribution in [2.24, 2.45) is 0 Å². The molecule has 0 aliphatic carbocycles. The molecular formula is C13H15O4P. The number of hydrogen-bond donors (Lipinski definition) is 2. The van der Waals surface area contributed by atoms with Gasteiger partial charge >= 0.3 is 7.60 Å². The molecule has 0 saturated heterocycles. The van der Waals surface area contributed by atoms with Crippen LogP contribution >= 0.6 is 7.60 Å². The van der Waals surface area contributed by atoms with E-state index in [-0.39, 0.29) is 6.16 Å². The van der Waals surface area contributed by atoms with Crippen LogP contribution < -0.4 is 4.74 Å². The zero-order chi connectivity index (χ0) is 13.0. The minimum atomic E-state index is -3.92. The molecule has 2 aromatic carbocycles. The Balaban J connectivity index is 2.02. The summed E-state index contributed by atoms with van der Waals surface area (Å²) in [5.74, 6) is 0.749. The third-order valence-electron chi connectivity index (χ3n) is 2.60. The van der Waals surface area contributed by atoms with E-state index in [0.29, 0.717) is 13.0 Å². The first-order valence-electron chi connectivity index (χ1n) is 5.71. The van der Waals surface area contributed by atoms with Crippen molar-refractivity contribution >= 4 is 18.4 Å². The van der Waals surface area contributed by atoms with Crippen molar-refractivity contribution in [1.82, 2.24) is 0 Å². The number of hydrogen-bond acceptors (Lipinski definition) is 2. The van der Waals surface area contributed by atoms with Crippen LogP contribution in [0.4, 0.5) is 0 Å². The van der Waals surface area contributed by atoms with Crippen LogP contribution in [-0.4, -0.2) is 22.6 Å². The van der Waals surface area contributed by atoms with Gasteiger partial charge in [-0.25, -0.2) is 0 Å². The number of ether oxygens (including phenoxy) is 1. The van der Waals surface area contributed by atoms with Crippen LogP contribution in [0.25, 0.3) is 10.8 Å². The highest BCUT2D eigenvalue weighted by molar-refractivity contribution is 7.51. The van der Waals surface area contributed by atoms with Crippen LogP contribution in [0.5, 0.6) is 5.75 Å². The Kier molecular flexibility index (Phi) is 4.02. The van der Waals surface area contributed by atoms with Crippen molar-refractivity contribution < 1.29 is 19.1 Å². The zero-order valence-corrected chi connectivity index (χ0v) is 10.7. The van der Waals surface area contributed by atoms with Gasteiger partial charge in [-0.3, -0.25) is 4.57 Å². The molecule has 0 radical (unpaired) electrons. The average Bonchev–Trinajstić information content (AvgIpc) is 2.33. The molecule has 5 heteroatoms. The monoisotopic (exact) mass is 266 g/mol. The molecule has 0 amide bonds. The zero-order valence-electron chi connectivity index (χ0n) is 9.82. The van der Waals surface area contributed by atoms with Crippen molar-refractivity contribution in [2.45, 2.75) is 6.42 Å². The topological polar surface area (TPSA) is 66.8 Å². The molecule has 96 valence electrons. The van der Waals surface area contributed by atoms with E-state index in [1.54, 1.807) is 0 Å². The van der Waals surface area contributed by atoms with Crippen LogP contribution in [-0.2, 0) is 4.57 Å². The summed E-state index contributed by atoms with van der Waals surface area (Å²) >= 11 is 0. The van der Waals surface area contributed by atoms with Crippen molar-refractivity contribution in [3.05, 3.63) is 42.5 Å². The van der Waals surface area contributed by atoms with Gasteiger partial charge in [0, 0.05) is 5.39 Å². The highest BCUT2D eigenvalue weighted by Crippen LogP contribution is 2.35. The summed E-state index contributed by atoms with van der Waals surface area (Å²) in [6.45, 7) is 0.305. The maximum atomic E-state index is 10.7. The fourth-order valence-electron chi connectivity index (χ4n) is 1.77. The molecule has 0 aromatic heterocycles. The molecule has 4 nitrogen and oxygen atoms in total. The Morgan fingerprint density at radius 1 is 1.06 bits per heavy atom. The van der Waals surface area contributed by atoms with Gasteiger partial charge in [-0.1, -0.05) is 36.4 Å². The number of rotatable bonds is 5. The minimum absolute atomic E-state index is 0.141. The normalized spacial score (nSPS) is 11.7. The molecule has 0 aliphatic rings. The molecular weight excluding hydrogens is 251 g/mol. The summed E-state index contributed by atoms with van der Waals surface area (Å²) < 4.78 is 16.3. The Hall–Kier alpha value is -1.35. The van der Waals surface area contributed by atoms with Gasteiger partial charge in [0.1, 0.15) is 5.75 Å². The van der Waals surface area contributed by atoms with E-state index in [2.05, 4.69) is 0 Å². The molecule has 0 bridgehead atoms. The van der Waals surface area contributed by atoms with Gasteiger partial charge in [0.2, 0.25) is 0 Å². The summed E-state index contributed by atoms with van der Waals surface area (Å²) in [5, 5.41) is 2.10. The van der Waals surface area contributed by atoms with Crippen LogP contribution in [0.15, 0.2) is 42.5 Å². The molecule has 2 N–H and O–H groups in total. The predicted molar refractivity (Wildman–Crippen MR) is 71.0 cm³/mol. The summed E-state index contributed by atoms with van der Waals surface area (Å²) in [5.41, 5.74) is 0. The van der Waals surface area contributed by atoms with E-state index in [1.807, 2.05) is 42.5 Å². The van der Waals surface area contributed by atoms with Crippen LogP contribution in [0.2, 0.25) is 0 Å². The third kappa shape index (κ3) is 3.57. The molecule has 18 heavy (non-hydrogen) atoms. The number of benzene rings is 2. The molecule has 0 aliphatic heterocycles. The van der Waals surface area contributed by atoms with Crippen LogP contribution in [0.1, 0.15) is 6.42 Å². The summed E-state index contributed by atoms with van der Waals surface area (Å²) in [7, 11) is -3.92. The van der Waals surface area contributed by atoms with Crippen molar-refractivity contribution in [2.75, 3.05) is 12.8 Å². The van der Waals surface area contributed by atoms with Gasteiger partial charge in [0.05, 0.1) is 12.8 Å². The predicted octanol–water partition coefficient (Wildman–Crippen LogP) is 2.79. The standard InChI is InChI=1S/C13H15O4P/c14-18(15,16)10-4-9-17-13-8-3-6-11-5-1-2-7-12(11)13/h1-3,5-8H,4,9-10H2,(H2,14,15,16). The van der Waals surface area contributed by atoms with Gasteiger partial charge in [-0.15, -0.1) is 0 Å². The molecule has 2 aromatic rings. The SMILES string of the molecule is O=P(O)(O)CCCOc1cccc2ccccc12. The fraction of sp³-hybridized carbons (Fsp3) is 0.231. The van der Waals surface area contributed by atoms with E-state index in [4.69, 9.17) is 14.5 Å². The van der Waals surface area contributed by atoms with Crippen molar-refractivity contribution in [1.29, 1.82) is 0 Å². The summed E-state index contributed by atoms with van der Waals surface area (Å²) in [6.07, 6.45) is 0.200. The van der Waals surface area contributed by atoms with E-state index in [0.717, 1.165) is 16.5 Å². The summed E-state index contributed by atoms with van der Waals surface area (Å²) in [6, 6.07) is 13.6. The van der Waals surface area contributed by atoms with Crippen molar-refractivity contribution in [3.63, 3.8) is 0 Å². The lowest BCUT2D eigenvalue weighted by molar-refractivity contribution is 0.312. The van der Waals surface area contributed by atoms with E-state index in [9.17, 15) is 4.57 Å². The fourth-order valence-corrected chi connectivity index (χ4v) is 2.32. The first-order chi connectivity index (χ1) is 8.56. The minimum Gasteiger partial charge on any atom is -0.493 e. The first-order valence-corrected chi connectivity index (χ1v) is 7.51. The second kappa shape index (κ2) is 5.53. The number of fused-ring (bicyclic) bond motifs is 1. The highest BCUT2D eigenvalue weighted by Gasteiger charge is 2.11. The Morgan fingerprint density at radius 3 is 2.56 bits per heavy atom. The van der Waals surface area contributed by atoms with E-state index >= 15 is 0 Å². The Bertz CT molecular complexity index is 571. The van der Waals surface area contributed by atoms with Crippen molar-refractivity contribution in [3.8, 4) is 5.75 Å². The van der Waals surface area contributed by atoms with Gasteiger partial charge in [0.15, 0.2) is 0 Å². The average molecular weight is 266 g/mol. The highest BCUT2D eigenvalue weighted by atomic mass is 31.2. The van der Waals surface area contributed by atoms with Gasteiger partial charge in [-0.2, -0.15) is 0 Å². The lowest BCUT2D eigenvalue weighted by Gasteiger charge is -2.09. The molecule has 0 fully saturated rings.